The lowest BCUT2D eigenvalue weighted by Crippen LogP contribution is -2.47. The fourth-order valence-electron chi connectivity index (χ4n) is 3.01. The zero-order chi connectivity index (χ0) is 17.3. The quantitative estimate of drug-likeness (QED) is 0.897. The van der Waals surface area contributed by atoms with Gasteiger partial charge >= 0.3 is 0 Å². The molecule has 0 saturated carbocycles. The van der Waals surface area contributed by atoms with Crippen LogP contribution in [0.5, 0.6) is 0 Å². The number of benzene rings is 1. The van der Waals surface area contributed by atoms with Gasteiger partial charge in [0.15, 0.2) is 0 Å². The number of carbonyl (C=O) groups is 1. The Hall–Kier alpha value is -2.19. The second kappa shape index (κ2) is 6.37. The molecule has 1 aliphatic rings. The molecule has 1 aromatic heterocycles. The van der Waals surface area contributed by atoms with Crippen molar-refractivity contribution in [2.24, 2.45) is 5.14 Å². The highest BCUT2D eigenvalue weighted by molar-refractivity contribution is 7.89. The Morgan fingerprint density at radius 1 is 1.38 bits per heavy atom. The van der Waals surface area contributed by atoms with Gasteiger partial charge in [0.05, 0.1) is 22.8 Å². The lowest BCUT2D eigenvalue weighted by Gasteiger charge is -2.32. The molecule has 1 fully saturated rings. The smallest absolute Gasteiger partial charge is 0.256 e. The Bertz CT molecular complexity index is 846. The summed E-state index contributed by atoms with van der Waals surface area (Å²) in [5, 5.41) is 4.57. The molecule has 1 unspecified atom stereocenters. The maximum absolute atomic E-state index is 13.0. The maximum atomic E-state index is 13.0. The Balaban J connectivity index is 1.94. The summed E-state index contributed by atoms with van der Waals surface area (Å²) >= 11 is 0. The number of primary sulfonamides is 1. The molecule has 8 heteroatoms. The lowest BCUT2D eigenvalue weighted by molar-refractivity contribution is 0.0727. The summed E-state index contributed by atoms with van der Waals surface area (Å²) in [4.78, 5) is 18.6. The van der Waals surface area contributed by atoms with Crippen molar-refractivity contribution < 1.29 is 13.2 Å². The van der Waals surface area contributed by atoms with E-state index >= 15 is 0 Å². The van der Waals surface area contributed by atoms with Crippen LogP contribution in [-0.4, -0.2) is 47.1 Å². The summed E-state index contributed by atoms with van der Waals surface area (Å²) in [6, 6.07) is 5.61. The number of rotatable bonds is 3. The fourth-order valence-corrected chi connectivity index (χ4v) is 3.89. The van der Waals surface area contributed by atoms with Crippen molar-refractivity contribution in [2.45, 2.75) is 25.0 Å². The second-order valence-electron chi connectivity index (χ2n) is 6.09. The predicted octanol–water partition coefficient (Wildman–Crippen LogP) is 1.07. The van der Waals surface area contributed by atoms with Crippen molar-refractivity contribution in [1.29, 1.82) is 0 Å². The number of hydrogen-bond donors (Lipinski definition) is 1. The van der Waals surface area contributed by atoms with Crippen LogP contribution in [-0.2, 0) is 10.0 Å². The average Bonchev–Trinajstić information content (AvgIpc) is 3.07. The molecule has 2 aromatic rings. The topological polar surface area (TPSA) is 98.3 Å². The van der Waals surface area contributed by atoms with Crippen LogP contribution in [0, 0.1) is 6.92 Å². The van der Waals surface area contributed by atoms with Crippen LogP contribution < -0.4 is 5.14 Å². The van der Waals surface area contributed by atoms with Gasteiger partial charge in [-0.1, -0.05) is 11.6 Å². The van der Waals surface area contributed by atoms with E-state index in [4.69, 9.17) is 5.14 Å². The molecule has 1 saturated heterocycles. The number of hydrogen-bond acceptors (Lipinski definition) is 4. The summed E-state index contributed by atoms with van der Waals surface area (Å²) < 4.78 is 25.0. The van der Waals surface area contributed by atoms with Crippen molar-refractivity contribution in [2.75, 3.05) is 13.1 Å². The summed E-state index contributed by atoms with van der Waals surface area (Å²) in [7, 11) is -3.65. The third kappa shape index (κ3) is 3.34. The Kier molecular flexibility index (Phi) is 4.42. The van der Waals surface area contributed by atoms with Crippen molar-refractivity contribution in [3.8, 4) is 5.69 Å². The van der Waals surface area contributed by atoms with E-state index in [-0.39, 0.29) is 12.5 Å². The number of nitrogens with two attached hydrogens (primary N) is 1. The molecule has 0 aliphatic carbocycles. The van der Waals surface area contributed by atoms with Crippen LogP contribution in [0.15, 0.2) is 36.9 Å². The minimum Gasteiger partial charge on any atom is -0.337 e. The standard InChI is InChI=1S/C16H20N4O3S/c1-12-4-5-15(20-8-6-18-11-20)14(9-12)16(21)19-7-2-3-13(10-19)24(17,22)23/h4-6,8-9,11,13H,2-3,7,10H2,1H3,(H2,17,22,23). The normalized spacial score (nSPS) is 18.6. The first-order valence-corrected chi connectivity index (χ1v) is 9.37. The number of aromatic nitrogens is 2. The number of likely N-dealkylation sites (tertiary alicyclic amines) is 1. The van der Waals surface area contributed by atoms with Gasteiger partial charge in [-0.2, -0.15) is 0 Å². The van der Waals surface area contributed by atoms with Gasteiger partial charge < -0.3 is 9.47 Å². The van der Waals surface area contributed by atoms with Gasteiger partial charge in [-0.15, -0.1) is 0 Å². The minimum atomic E-state index is -3.65. The first-order valence-electron chi connectivity index (χ1n) is 7.76. The van der Waals surface area contributed by atoms with Crippen molar-refractivity contribution in [3.05, 3.63) is 48.0 Å². The molecule has 128 valence electrons. The largest absolute Gasteiger partial charge is 0.337 e. The van der Waals surface area contributed by atoms with Crippen molar-refractivity contribution >= 4 is 15.9 Å². The van der Waals surface area contributed by atoms with Gasteiger partial charge in [-0.3, -0.25) is 4.79 Å². The van der Waals surface area contributed by atoms with Gasteiger partial charge in [0.1, 0.15) is 0 Å². The Morgan fingerprint density at radius 2 is 2.17 bits per heavy atom. The molecule has 2 N–H and O–H groups in total. The number of aryl methyl sites for hydroxylation is 1. The highest BCUT2D eigenvalue weighted by atomic mass is 32.2. The van der Waals surface area contributed by atoms with Crippen molar-refractivity contribution in [1.82, 2.24) is 14.5 Å². The molecule has 7 nitrogen and oxygen atoms in total. The van der Waals surface area contributed by atoms with E-state index in [0.717, 1.165) is 11.3 Å². The first-order chi connectivity index (χ1) is 11.4. The van der Waals surface area contributed by atoms with E-state index in [1.54, 1.807) is 28.2 Å². The van der Waals surface area contributed by atoms with Gasteiger partial charge in [-0.05, 0) is 31.9 Å². The first kappa shape index (κ1) is 16.7. The van der Waals surface area contributed by atoms with Gasteiger partial charge in [0.25, 0.3) is 5.91 Å². The van der Waals surface area contributed by atoms with Crippen LogP contribution in [0.1, 0.15) is 28.8 Å². The van der Waals surface area contributed by atoms with Crippen LogP contribution in [0.2, 0.25) is 0 Å². The molecule has 3 rings (SSSR count). The van der Waals surface area contributed by atoms with Gasteiger partial charge in [0.2, 0.25) is 10.0 Å². The number of imidazole rings is 1. The summed E-state index contributed by atoms with van der Waals surface area (Å²) in [5.74, 6) is -0.184. The van der Waals surface area contributed by atoms with Crippen LogP contribution in [0.4, 0.5) is 0 Å². The van der Waals surface area contributed by atoms with Crippen molar-refractivity contribution in [3.63, 3.8) is 0 Å². The molecule has 24 heavy (non-hydrogen) atoms. The fraction of sp³-hybridized carbons (Fsp3) is 0.375. The van der Waals surface area contributed by atoms with Gasteiger partial charge in [-0.25, -0.2) is 18.5 Å². The van der Waals surface area contributed by atoms with E-state index in [1.807, 2.05) is 25.1 Å². The Morgan fingerprint density at radius 3 is 2.83 bits per heavy atom. The lowest BCUT2D eigenvalue weighted by atomic mass is 10.1. The second-order valence-corrected chi connectivity index (χ2v) is 7.94. The molecule has 1 aliphatic heterocycles. The Labute approximate surface area is 141 Å². The molecular formula is C16H20N4O3S. The minimum absolute atomic E-state index is 0.134. The molecule has 0 bridgehead atoms. The highest BCUT2D eigenvalue weighted by Crippen LogP contribution is 2.22. The molecule has 2 heterocycles. The monoisotopic (exact) mass is 348 g/mol. The number of sulfonamides is 1. The molecule has 0 radical (unpaired) electrons. The van der Waals surface area contributed by atoms with E-state index in [0.29, 0.717) is 24.9 Å². The highest BCUT2D eigenvalue weighted by Gasteiger charge is 2.31. The number of carbonyl (C=O) groups excluding carboxylic acids is 1. The third-order valence-corrected chi connectivity index (χ3v) is 5.61. The van der Waals surface area contributed by atoms with E-state index < -0.39 is 15.3 Å². The molecule has 1 atom stereocenters. The number of amides is 1. The molecule has 0 spiro atoms. The van der Waals surface area contributed by atoms with Crippen LogP contribution in [0.25, 0.3) is 5.69 Å². The number of nitrogens with zero attached hydrogens (tertiary/aromatic N) is 3. The van der Waals surface area contributed by atoms with Crippen LogP contribution >= 0.6 is 0 Å². The zero-order valence-electron chi connectivity index (χ0n) is 13.4. The maximum Gasteiger partial charge on any atom is 0.256 e. The molecule has 1 amide bonds. The van der Waals surface area contributed by atoms with Gasteiger partial charge in [0, 0.05) is 25.5 Å². The predicted molar refractivity (Wildman–Crippen MR) is 90.3 cm³/mol. The van der Waals surface area contributed by atoms with E-state index in [2.05, 4.69) is 4.98 Å². The summed E-state index contributed by atoms with van der Waals surface area (Å²) in [6.07, 6.45) is 6.16. The third-order valence-electron chi connectivity index (χ3n) is 4.30. The summed E-state index contributed by atoms with van der Waals surface area (Å²) in [5.41, 5.74) is 2.21. The number of piperidine rings is 1. The molecular weight excluding hydrogens is 328 g/mol. The average molecular weight is 348 g/mol. The van der Waals surface area contributed by atoms with E-state index in [1.165, 1.54) is 0 Å². The zero-order valence-corrected chi connectivity index (χ0v) is 14.2. The summed E-state index contributed by atoms with van der Waals surface area (Å²) in [6.45, 7) is 2.58. The van der Waals surface area contributed by atoms with E-state index in [9.17, 15) is 13.2 Å². The van der Waals surface area contributed by atoms with Crippen LogP contribution in [0.3, 0.4) is 0 Å². The molecule has 1 aromatic carbocycles. The SMILES string of the molecule is Cc1ccc(-n2ccnc2)c(C(=O)N2CCCC(S(N)(=O)=O)C2)c1.